The summed E-state index contributed by atoms with van der Waals surface area (Å²) in [5.41, 5.74) is 0.883. The van der Waals surface area contributed by atoms with Gasteiger partial charge in [0, 0.05) is 45.0 Å². The molecule has 1 saturated heterocycles. The molecule has 168 valence electrons. The number of nitrogens with zero attached hydrogens (tertiary/aromatic N) is 3. The van der Waals surface area contributed by atoms with Gasteiger partial charge in [-0.2, -0.15) is 13.2 Å². The lowest BCUT2D eigenvalue weighted by Gasteiger charge is -2.26. The highest BCUT2D eigenvalue weighted by Gasteiger charge is 2.32. The number of likely N-dealkylation sites (tertiary alicyclic amines) is 1. The van der Waals surface area contributed by atoms with Crippen LogP contribution in [-0.2, 0) is 6.42 Å². The Morgan fingerprint density at radius 1 is 1.33 bits per heavy atom. The number of hydrogen-bond donors (Lipinski definition) is 1. The Balaban J connectivity index is 0.00000320. The van der Waals surface area contributed by atoms with Gasteiger partial charge in [-0.1, -0.05) is 25.1 Å². The Bertz CT molecular complexity index is 791. The summed E-state index contributed by atoms with van der Waals surface area (Å²) in [6.45, 7) is 4.00. The van der Waals surface area contributed by atoms with Crippen molar-refractivity contribution >= 4 is 40.9 Å². The zero-order valence-corrected chi connectivity index (χ0v) is 19.7. The molecule has 1 fully saturated rings. The molecule has 0 amide bonds. The van der Waals surface area contributed by atoms with Gasteiger partial charge in [0.05, 0.1) is 6.54 Å². The summed E-state index contributed by atoms with van der Waals surface area (Å²) in [6.07, 6.45) is -2.54. The molecule has 1 aliphatic rings. The lowest BCUT2D eigenvalue weighted by Crippen LogP contribution is -2.42. The van der Waals surface area contributed by atoms with Gasteiger partial charge in [0.1, 0.15) is 11.3 Å². The molecule has 5 nitrogen and oxygen atoms in total. The van der Waals surface area contributed by atoms with Gasteiger partial charge >= 0.3 is 6.18 Å². The van der Waals surface area contributed by atoms with E-state index in [9.17, 15) is 13.2 Å². The second-order valence-electron chi connectivity index (χ2n) is 7.52. The maximum absolute atomic E-state index is 12.7. The van der Waals surface area contributed by atoms with Crippen molar-refractivity contribution in [2.75, 3.05) is 46.3 Å². The molecule has 0 saturated carbocycles. The third-order valence-electron chi connectivity index (χ3n) is 5.29. The third-order valence-corrected chi connectivity index (χ3v) is 5.29. The average molecular weight is 538 g/mol. The number of benzene rings is 1. The van der Waals surface area contributed by atoms with Crippen LogP contribution in [-0.4, -0.2) is 68.3 Å². The summed E-state index contributed by atoms with van der Waals surface area (Å²) in [6, 6.07) is 9.96. The maximum atomic E-state index is 12.7. The zero-order chi connectivity index (χ0) is 20.9. The largest absolute Gasteiger partial charge is 0.461 e. The average Bonchev–Trinajstić information content (AvgIpc) is 3.30. The van der Waals surface area contributed by atoms with Crippen LogP contribution in [0.2, 0.25) is 0 Å². The second-order valence-corrected chi connectivity index (χ2v) is 7.52. The Kier molecular flexibility index (Phi) is 9.27. The first-order chi connectivity index (χ1) is 13.9. The summed E-state index contributed by atoms with van der Waals surface area (Å²) in [7, 11) is 1.73. The Labute approximate surface area is 192 Å². The first-order valence-electron chi connectivity index (χ1n) is 10.1. The van der Waals surface area contributed by atoms with Gasteiger partial charge in [0.25, 0.3) is 0 Å². The predicted octanol–water partition coefficient (Wildman–Crippen LogP) is 4.37. The first kappa shape index (κ1) is 24.8. The fourth-order valence-electron chi connectivity index (χ4n) is 3.89. The van der Waals surface area contributed by atoms with Crippen molar-refractivity contribution in [2.24, 2.45) is 10.9 Å². The number of alkyl halides is 3. The zero-order valence-electron chi connectivity index (χ0n) is 17.4. The van der Waals surface area contributed by atoms with Crippen molar-refractivity contribution in [3.63, 3.8) is 0 Å². The molecule has 1 aromatic heterocycles. The molecule has 0 aliphatic carbocycles. The van der Waals surface area contributed by atoms with Crippen molar-refractivity contribution in [1.82, 2.24) is 15.1 Å². The Morgan fingerprint density at radius 2 is 2.10 bits per heavy atom. The molecule has 1 N–H and O–H groups in total. The summed E-state index contributed by atoms with van der Waals surface area (Å²) >= 11 is 0. The van der Waals surface area contributed by atoms with E-state index in [1.54, 1.807) is 14.0 Å². The van der Waals surface area contributed by atoms with Gasteiger partial charge in [-0.05, 0) is 31.0 Å². The smallest absolute Gasteiger partial charge is 0.401 e. The number of hydrogen-bond acceptors (Lipinski definition) is 3. The molecular weight excluding hydrogens is 508 g/mol. The van der Waals surface area contributed by atoms with Gasteiger partial charge in [0.15, 0.2) is 5.96 Å². The predicted molar refractivity (Wildman–Crippen MR) is 125 cm³/mol. The molecule has 2 aromatic rings. The highest BCUT2D eigenvalue weighted by Crippen LogP contribution is 2.22. The molecule has 1 aromatic carbocycles. The van der Waals surface area contributed by atoms with Gasteiger partial charge in [0.2, 0.25) is 0 Å². The van der Waals surface area contributed by atoms with Crippen molar-refractivity contribution in [1.29, 1.82) is 0 Å². The summed E-state index contributed by atoms with van der Waals surface area (Å²) in [5, 5.41) is 4.44. The van der Waals surface area contributed by atoms with Crippen LogP contribution in [0.25, 0.3) is 11.0 Å². The van der Waals surface area contributed by atoms with E-state index in [0.29, 0.717) is 19.6 Å². The van der Waals surface area contributed by atoms with E-state index in [4.69, 9.17) is 4.42 Å². The van der Waals surface area contributed by atoms with Crippen LogP contribution in [0, 0.1) is 5.92 Å². The molecular formula is C21H30F3IN4O. The van der Waals surface area contributed by atoms with Crippen LogP contribution >= 0.6 is 24.0 Å². The number of para-hydroxylation sites is 1. The minimum atomic E-state index is -4.15. The van der Waals surface area contributed by atoms with Crippen molar-refractivity contribution in [3.05, 3.63) is 36.1 Å². The van der Waals surface area contributed by atoms with E-state index in [0.717, 1.165) is 48.6 Å². The van der Waals surface area contributed by atoms with E-state index >= 15 is 0 Å². The fourth-order valence-corrected chi connectivity index (χ4v) is 3.89. The maximum Gasteiger partial charge on any atom is 0.401 e. The lowest BCUT2D eigenvalue weighted by atomic mass is 10.1. The Hall–Kier alpha value is -1.49. The van der Waals surface area contributed by atoms with Gasteiger partial charge < -0.3 is 14.6 Å². The van der Waals surface area contributed by atoms with Gasteiger partial charge in [-0.15, -0.1) is 24.0 Å². The molecule has 1 atom stereocenters. The summed E-state index contributed by atoms with van der Waals surface area (Å²) in [4.78, 5) is 7.95. The monoisotopic (exact) mass is 538 g/mol. The number of nitrogens with one attached hydrogen (secondary N) is 1. The van der Waals surface area contributed by atoms with Crippen LogP contribution in [0.5, 0.6) is 0 Å². The molecule has 9 heteroatoms. The topological polar surface area (TPSA) is 44.0 Å². The normalized spacial score (nSPS) is 17.6. The SMILES string of the molecule is CCN(CC1CCN(C(=NC)NCCc2cc3ccccc3o2)C1)CC(F)(F)F.I. The summed E-state index contributed by atoms with van der Waals surface area (Å²) < 4.78 is 43.9. The minimum absolute atomic E-state index is 0. The lowest BCUT2D eigenvalue weighted by molar-refractivity contribution is -0.146. The number of halogens is 4. The fraction of sp³-hybridized carbons (Fsp3) is 0.571. The van der Waals surface area contributed by atoms with E-state index in [-0.39, 0.29) is 29.9 Å². The number of fused-ring (bicyclic) bond motifs is 1. The second kappa shape index (κ2) is 11.2. The Morgan fingerprint density at radius 3 is 2.77 bits per heavy atom. The van der Waals surface area contributed by atoms with E-state index < -0.39 is 12.7 Å². The molecule has 0 radical (unpaired) electrons. The van der Waals surface area contributed by atoms with Crippen molar-refractivity contribution < 1.29 is 17.6 Å². The number of rotatable bonds is 7. The number of guanidine groups is 1. The molecule has 1 unspecified atom stereocenters. The van der Waals surface area contributed by atoms with E-state index in [1.165, 1.54) is 4.90 Å². The number of aliphatic imine (C=N–C) groups is 1. The first-order valence-corrected chi connectivity index (χ1v) is 10.1. The molecule has 0 spiro atoms. The third kappa shape index (κ3) is 7.04. The molecule has 1 aliphatic heterocycles. The molecule has 3 rings (SSSR count). The van der Waals surface area contributed by atoms with Crippen molar-refractivity contribution in [2.45, 2.75) is 25.9 Å². The number of furan rings is 1. The van der Waals surface area contributed by atoms with Crippen LogP contribution in [0.3, 0.4) is 0 Å². The highest BCUT2D eigenvalue weighted by molar-refractivity contribution is 14.0. The standard InChI is InChI=1S/C21H29F3N4O.HI/c1-3-27(15-21(22,23)24)13-16-9-11-28(14-16)20(25-2)26-10-8-18-12-17-6-4-5-7-19(17)29-18;/h4-7,12,16H,3,8-11,13-15H2,1-2H3,(H,25,26);1H. The van der Waals surface area contributed by atoms with Crippen LogP contribution < -0.4 is 5.32 Å². The van der Waals surface area contributed by atoms with E-state index in [1.807, 2.05) is 30.3 Å². The molecule has 0 bridgehead atoms. The van der Waals surface area contributed by atoms with Crippen LogP contribution in [0.15, 0.2) is 39.7 Å². The molecule has 2 heterocycles. The van der Waals surface area contributed by atoms with Crippen LogP contribution in [0.4, 0.5) is 13.2 Å². The minimum Gasteiger partial charge on any atom is -0.461 e. The van der Waals surface area contributed by atoms with E-state index in [2.05, 4.69) is 15.2 Å². The highest BCUT2D eigenvalue weighted by atomic mass is 127. The quantitative estimate of drug-likeness (QED) is 0.323. The van der Waals surface area contributed by atoms with Gasteiger partial charge in [-0.25, -0.2) is 0 Å². The molecule has 30 heavy (non-hydrogen) atoms. The summed E-state index contributed by atoms with van der Waals surface area (Å²) in [5.74, 6) is 1.92. The van der Waals surface area contributed by atoms with Crippen LogP contribution in [0.1, 0.15) is 19.1 Å². The van der Waals surface area contributed by atoms with Crippen molar-refractivity contribution in [3.8, 4) is 0 Å². The van der Waals surface area contributed by atoms with Gasteiger partial charge in [-0.3, -0.25) is 9.89 Å².